The number of rotatable bonds is 15. The van der Waals surface area contributed by atoms with E-state index >= 15 is 0 Å². The van der Waals surface area contributed by atoms with Gasteiger partial charge < -0.3 is 51.1 Å². The quantitative estimate of drug-likeness (QED) is 0.0348. The minimum atomic E-state index is -0.465. The molecule has 0 heterocycles. The Labute approximate surface area is 636 Å². The number of hydrogen-bond acceptors (Lipinski definition) is 10. The van der Waals surface area contributed by atoms with Crippen LogP contribution in [0.25, 0.3) is 0 Å². The Balaban J connectivity index is 0.000000172. The van der Waals surface area contributed by atoms with Crippen molar-refractivity contribution in [3.05, 3.63) is 362 Å². The third-order valence-corrected chi connectivity index (χ3v) is 22.9. The van der Waals surface area contributed by atoms with Gasteiger partial charge in [0.15, 0.2) is 34.5 Å². The fourth-order valence-electron chi connectivity index (χ4n) is 14.7. The molecule has 0 saturated heterocycles. The standard InChI is InChI=1S/C36H42O2.C32H33ClO2.C28H26O6/c1-21-15-31(16-22(2)27(21)7)36(10,32-19-25(5)34(38)26(6)20-32)29-13-11-28(12-14-29)35(8,9)30-17-23(3)33(37)24(4)18-30;1-19-7-8-24(15-20(19)2)30(25-11-14-29(34)21(3)16-25)23-9-12-26(13-10-23)32(5,6)27-17-22(4)31(35)28(33)18-27;1-28(2,20-9-12-23(31)26(34)15-20)19-7-3-16(4-8-19)27(17-5-10-21(29)24(32)13-17)18-6-11-22(30)25(33)14-18/h11-20,37-38H,1-10H3;7-18,30,34-35H,1-6H3;3-15,27,29-34H,1-2H3. The lowest BCUT2D eigenvalue weighted by Gasteiger charge is -2.34. The summed E-state index contributed by atoms with van der Waals surface area (Å²) in [6, 6.07) is 69.0. The van der Waals surface area contributed by atoms with Crippen LogP contribution in [0.2, 0.25) is 5.02 Å². The predicted octanol–water partition coefficient (Wildman–Crippen LogP) is 22.9. The van der Waals surface area contributed by atoms with Crippen molar-refractivity contribution >= 4 is 11.6 Å². The maximum absolute atomic E-state index is 10.5. The van der Waals surface area contributed by atoms with Gasteiger partial charge >= 0.3 is 0 Å². The van der Waals surface area contributed by atoms with Crippen LogP contribution in [0.4, 0.5) is 0 Å². The molecule has 0 saturated carbocycles. The summed E-state index contributed by atoms with van der Waals surface area (Å²) in [5, 5.41) is 101. The molecular weight excluding hydrogens is 1350 g/mol. The molecule has 10 N–H and O–H groups in total. The van der Waals surface area contributed by atoms with Gasteiger partial charge in [0, 0.05) is 33.5 Å². The highest BCUT2D eigenvalue weighted by molar-refractivity contribution is 6.32. The molecule has 0 radical (unpaired) electrons. The molecule has 0 fully saturated rings. The van der Waals surface area contributed by atoms with Gasteiger partial charge in [0.2, 0.25) is 0 Å². The number of halogens is 1. The smallest absolute Gasteiger partial charge is 0.157 e. The summed E-state index contributed by atoms with van der Waals surface area (Å²) in [6.45, 7) is 37.7. The SMILES string of the molecule is CC(C)(c1ccc(C(c2ccc(O)c(O)c2)c2ccc(O)c(O)c2)cc1)c1ccc(O)c(O)c1.Cc1cc(C(C)(c2ccc(C(C)(C)c3cc(C)c(O)c(C)c3)cc2)c2cc(C)c(O)c(C)c2)cc(C)c1C.Cc1ccc(C(c2ccc(C(C)(C)c3cc(C)c(O)c(Cl)c3)cc2)c2ccc(O)c(C)c2)cc1C. The third-order valence-electron chi connectivity index (χ3n) is 22.7. The molecule has 0 aliphatic carbocycles. The lowest BCUT2D eigenvalue weighted by molar-refractivity contribution is 0.402. The topological polar surface area (TPSA) is 202 Å². The van der Waals surface area contributed by atoms with Crippen molar-refractivity contribution in [2.24, 2.45) is 0 Å². The van der Waals surface area contributed by atoms with Gasteiger partial charge in [0.25, 0.3) is 0 Å². The minimum absolute atomic E-state index is 0.0520. The lowest BCUT2D eigenvalue weighted by atomic mass is 9.68. The van der Waals surface area contributed by atoms with Crippen molar-refractivity contribution in [3.63, 3.8) is 0 Å². The second-order valence-corrected chi connectivity index (χ2v) is 31.5. The molecule has 2 unspecified atom stereocenters. The maximum Gasteiger partial charge on any atom is 0.157 e. The van der Waals surface area contributed by atoms with Crippen LogP contribution in [0.1, 0.15) is 205 Å². The molecular formula is C96H101ClO10. The number of benzene rings is 12. The first kappa shape index (κ1) is 78.5. The normalized spacial score (nSPS) is 12.6. The number of phenolic OH excluding ortho intramolecular Hbond substituents is 10. The van der Waals surface area contributed by atoms with Gasteiger partial charge in [-0.15, -0.1) is 0 Å². The van der Waals surface area contributed by atoms with E-state index in [1.54, 1.807) is 30.3 Å². The highest BCUT2D eigenvalue weighted by Crippen LogP contribution is 2.47. The minimum Gasteiger partial charge on any atom is -0.508 e. The summed E-state index contributed by atoms with van der Waals surface area (Å²) in [6.07, 6.45) is 0. The molecule has 12 rings (SSSR count). The Bertz CT molecular complexity index is 5040. The van der Waals surface area contributed by atoms with Crippen LogP contribution in [0.5, 0.6) is 57.5 Å². The van der Waals surface area contributed by atoms with E-state index in [1.165, 1.54) is 103 Å². The van der Waals surface area contributed by atoms with Crippen molar-refractivity contribution in [1.29, 1.82) is 0 Å². The molecule has 0 aromatic heterocycles. The largest absolute Gasteiger partial charge is 0.508 e. The molecule has 0 spiro atoms. The van der Waals surface area contributed by atoms with Gasteiger partial charge in [-0.05, 0) is 276 Å². The van der Waals surface area contributed by atoms with Crippen LogP contribution in [0, 0.1) is 76.2 Å². The zero-order valence-electron chi connectivity index (χ0n) is 64.7. The number of aromatic hydroxyl groups is 10. The zero-order valence-corrected chi connectivity index (χ0v) is 65.5. The lowest BCUT2D eigenvalue weighted by Crippen LogP contribution is -2.27. The van der Waals surface area contributed by atoms with E-state index in [2.05, 4.69) is 178 Å². The van der Waals surface area contributed by atoms with Gasteiger partial charge in [0.05, 0.1) is 5.02 Å². The Morgan fingerprint density at radius 2 is 0.505 bits per heavy atom. The Kier molecular flexibility index (Phi) is 22.6. The van der Waals surface area contributed by atoms with Crippen LogP contribution in [-0.4, -0.2) is 51.1 Å². The van der Waals surface area contributed by atoms with E-state index in [9.17, 15) is 51.1 Å². The highest BCUT2D eigenvalue weighted by Gasteiger charge is 2.35. The third kappa shape index (κ3) is 16.1. The fraction of sp³-hybridized carbons (Fsp3) is 0.250. The first-order valence-electron chi connectivity index (χ1n) is 36.2. The molecule has 12 aromatic rings. The van der Waals surface area contributed by atoms with Crippen molar-refractivity contribution in [2.75, 3.05) is 0 Å². The van der Waals surface area contributed by atoms with Gasteiger partial charge in [-0.25, -0.2) is 0 Å². The molecule has 12 aromatic carbocycles. The average Bonchev–Trinajstić information content (AvgIpc) is 0.759. The molecule has 0 aliphatic rings. The summed E-state index contributed by atoms with van der Waals surface area (Å²) >= 11 is 6.29. The molecule has 0 amide bonds. The van der Waals surface area contributed by atoms with E-state index in [4.69, 9.17) is 11.6 Å². The summed E-state index contributed by atoms with van der Waals surface area (Å²) in [7, 11) is 0. The van der Waals surface area contributed by atoms with Crippen molar-refractivity contribution < 1.29 is 51.1 Å². The van der Waals surface area contributed by atoms with Crippen LogP contribution in [0.15, 0.2) is 212 Å². The Morgan fingerprint density at radius 1 is 0.215 bits per heavy atom. The summed E-state index contributed by atoms with van der Waals surface area (Å²) in [5.74, 6) is -0.476. The monoisotopic (exact) mass is 1450 g/mol. The second kappa shape index (κ2) is 30.8. The Hall–Kier alpha value is -11.1. The van der Waals surface area contributed by atoms with Gasteiger partial charge in [-0.1, -0.05) is 217 Å². The van der Waals surface area contributed by atoms with E-state index in [0.29, 0.717) is 33.4 Å². The van der Waals surface area contributed by atoms with Crippen LogP contribution in [0.3, 0.4) is 0 Å². The van der Waals surface area contributed by atoms with E-state index in [0.717, 1.165) is 61.2 Å². The van der Waals surface area contributed by atoms with E-state index < -0.39 is 16.7 Å². The molecule has 2 atom stereocenters. The fourth-order valence-corrected chi connectivity index (χ4v) is 15.0. The summed E-state index contributed by atoms with van der Waals surface area (Å²) < 4.78 is 0. The van der Waals surface area contributed by atoms with E-state index in [-0.39, 0.29) is 57.0 Å². The maximum atomic E-state index is 10.5. The predicted molar refractivity (Wildman–Crippen MR) is 435 cm³/mol. The van der Waals surface area contributed by atoms with Crippen LogP contribution >= 0.6 is 11.6 Å². The van der Waals surface area contributed by atoms with Crippen molar-refractivity contribution in [3.8, 4) is 57.5 Å². The zero-order chi connectivity index (χ0) is 78.3. The van der Waals surface area contributed by atoms with Crippen LogP contribution < -0.4 is 0 Å². The van der Waals surface area contributed by atoms with E-state index in [1.807, 2.05) is 97.9 Å². The average molecular weight is 1450 g/mol. The van der Waals surface area contributed by atoms with Crippen LogP contribution in [-0.2, 0) is 21.7 Å². The van der Waals surface area contributed by atoms with Crippen molar-refractivity contribution in [2.45, 2.75) is 158 Å². The number of hydrogen-bond donors (Lipinski definition) is 10. The summed E-state index contributed by atoms with van der Waals surface area (Å²) in [5.41, 5.74) is 26.2. The first-order valence-corrected chi connectivity index (χ1v) is 36.6. The van der Waals surface area contributed by atoms with Crippen molar-refractivity contribution in [1.82, 2.24) is 0 Å². The highest BCUT2D eigenvalue weighted by atomic mass is 35.5. The summed E-state index contributed by atoms with van der Waals surface area (Å²) in [4.78, 5) is 0. The molecule has 107 heavy (non-hydrogen) atoms. The van der Waals surface area contributed by atoms with Gasteiger partial charge in [0.1, 0.15) is 23.0 Å². The van der Waals surface area contributed by atoms with Gasteiger partial charge in [-0.2, -0.15) is 0 Å². The number of aryl methyl sites for hydroxylation is 10. The van der Waals surface area contributed by atoms with Gasteiger partial charge in [-0.3, -0.25) is 0 Å². The second-order valence-electron chi connectivity index (χ2n) is 31.1. The number of phenols is 10. The molecule has 11 heteroatoms. The molecule has 10 nitrogen and oxygen atoms in total. The molecule has 0 aliphatic heterocycles. The Morgan fingerprint density at radius 3 is 0.888 bits per heavy atom. The molecule has 552 valence electrons. The first-order chi connectivity index (χ1) is 50.2. The molecule has 0 bridgehead atoms.